The third-order valence-electron chi connectivity index (χ3n) is 3.43. The van der Waals surface area contributed by atoms with Gasteiger partial charge in [-0.25, -0.2) is 9.48 Å². The van der Waals surface area contributed by atoms with Gasteiger partial charge in [0, 0.05) is 12.5 Å². The molecule has 2 rings (SSSR count). The lowest BCUT2D eigenvalue weighted by atomic mass is 10.2. The number of nitrogens with one attached hydrogen (secondary N) is 1. The van der Waals surface area contributed by atoms with Gasteiger partial charge in [0.25, 0.3) is 0 Å². The Labute approximate surface area is 116 Å². The van der Waals surface area contributed by atoms with E-state index in [4.69, 9.17) is 10.8 Å². The first-order valence-electron chi connectivity index (χ1n) is 6.77. The molecule has 0 spiro atoms. The summed E-state index contributed by atoms with van der Waals surface area (Å²) in [5.74, 6) is -1.33. The van der Waals surface area contributed by atoms with Crippen molar-refractivity contribution in [1.29, 1.82) is 0 Å². The number of carboxylic acids is 1. The molecule has 8 heteroatoms. The lowest BCUT2D eigenvalue weighted by Crippen LogP contribution is -2.35. The van der Waals surface area contributed by atoms with Gasteiger partial charge in [-0.3, -0.25) is 4.79 Å². The standard InChI is InChI=1S/C12H19N5O3/c13-6-5-9-11(12(19)20)15-16-17(9)7-10(18)14-8-3-1-2-4-8/h8H,1-7,13H2,(H,14,18)(H,19,20). The van der Waals surface area contributed by atoms with E-state index >= 15 is 0 Å². The highest BCUT2D eigenvalue weighted by molar-refractivity contribution is 5.86. The third kappa shape index (κ3) is 3.32. The number of rotatable bonds is 6. The molecular formula is C12H19N5O3. The maximum atomic E-state index is 11.9. The lowest BCUT2D eigenvalue weighted by Gasteiger charge is -2.12. The first kappa shape index (κ1) is 14.4. The summed E-state index contributed by atoms with van der Waals surface area (Å²) in [4.78, 5) is 22.9. The van der Waals surface area contributed by atoms with Crippen molar-refractivity contribution in [2.24, 2.45) is 5.73 Å². The number of hydrogen-bond donors (Lipinski definition) is 3. The van der Waals surface area contributed by atoms with E-state index in [0.717, 1.165) is 25.7 Å². The van der Waals surface area contributed by atoms with E-state index in [1.165, 1.54) is 4.68 Å². The van der Waals surface area contributed by atoms with E-state index in [2.05, 4.69) is 15.6 Å². The van der Waals surface area contributed by atoms with Gasteiger partial charge in [-0.05, 0) is 19.4 Å². The Hall–Kier alpha value is -1.96. The molecule has 0 atom stereocenters. The molecule has 1 aromatic heterocycles. The second-order valence-corrected chi connectivity index (χ2v) is 4.94. The molecule has 0 bridgehead atoms. The van der Waals surface area contributed by atoms with Crippen molar-refractivity contribution in [1.82, 2.24) is 20.3 Å². The molecule has 1 saturated carbocycles. The molecule has 110 valence electrons. The largest absolute Gasteiger partial charge is 0.476 e. The number of carbonyl (C=O) groups excluding carboxylic acids is 1. The van der Waals surface area contributed by atoms with Crippen molar-refractivity contribution >= 4 is 11.9 Å². The van der Waals surface area contributed by atoms with Crippen molar-refractivity contribution in [2.75, 3.05) is 6.54 Å². The zero-order chi connectivity index (χ0) is 14.5. The maximum Gasteiger partial charge on any atom is 0.358 e. The van der Waals surface area contributed by atoms with E-state index in [9.17, 15) is 9.59 Å². The highest BCUT2D eigenvalue weighted by Crippen LogP contribution is 2.17. The zero-order valence-electron chi connectivity index (χ0n) is 11.2. The molecule has 0 saturated heterocycles. The minimum atomic E-state index is -1.16. The van der Waals surface area contributed by atoms with Crippen LogP contribution in [0, 0.1) is 0 Å². The molecule has 0 radical (unpaired) electrons. The normalized spacial score (nSPS) is 15.4. The molecule has 20 heavy (non-hydrogen) atoms. The average Bonchev–Trinajstić information content (AvgIpc) is 3.00. The van der Waals surface area contributed by atoms with E-state index in [1.54, 1.807) is 0 Å². The molecule has 4 N–H and O–H groups in total. The molecular weight excluding hydrogens is 262 g/mol. The van der Waals surface area contributed by atoms with Gasteiger partial charge in [0.1, 0.15) is 6.54 Å². The molecule has 1 aliphatic carbocycles. The van der Waals surface area contributed by atoms with E-state index in [0.29, 0.717) is 12.1 Å². The summed E-state index contributed by atoms with van der Waals surface area (Å²) in [6, 6.07) is 0.225. The van der Waals surface area contributed by atoms with Gasteiger partial charge in [-0.15, -0.1) is 5.10 Å². The lowest BCUT2D eigenvalue weighted by molar-refractivity contribution is -0.122. The molecule has 0 aromatic carbocycles. The molecule has 1 heterocycles. The SMILES string of the molecule is NCCc1c(C(=O)O)nnn1CC(=O)NC1CCCC1. The first-order chi connectivity index (χ1) is 9.61. The van der Waals surface area contributed by atoms with Crippen LogP contribution in [0.25, 0.3) is 0 Å². The summed E-state index contributed by atoms with van der Waals surface area (Å²) in [5.41, 5.74) is 5.71. The predicted octanol–water partition coefficient (Wildman–Crippen LogP) is -0.464. The smallest absolute Gasteiger partial charge is 0.358 e. The van der Waals surface area contributed by atoms with Crippen LogP contribution >= 0.6 is 0 Å². The molecule has 1 fully saturated rings. The van der Waals surface area contributed by atoms with Gasteiger partial charge in [0.15, 0.2) is 5.69 Å². The van der Waals surface area contributed by atoms with Crippen LogP contribution in [0.5, 0.6) is 0 Å². The van der Waals surface area contributed by atoms with Gasteiger partial charge < -0.3 is 16.2 Å². The van der Waals surface area contributed by atoms with Gasteiger partial charge in [0.05, 0.1) is 5.69 Å². The zero-order valence-corrected chi connectivity index (χ0v) is 11.2. The summed E-state index contributed by atoms with van der Waals surface area (Å²) < 4.78 is 1.32. The van der Waals surface area contributed by atoms with Crippen molar-refractivity contribution < 1.29 is 14.7 Å². The fourth-order valence-electron chi connectivity index (χ4n) is 2.49. The highest BCUT2D eigenvalue weighted by atomic mass is 16.4. The Balaban J connectivity index is 2.04. The van der Waals surface area contributed by atoms with E-state index < -0.39 is 5.97 Å². The maximum absolute atomic E-state index is 11.9. The Morgan fingerprint density at radius 3 is 2.70 bits per heavy atom. The first-order valence-corrected chi connectivity index (χ1v) is 6.77. The Bertz CT molecular complexity index is 493. The Morgan fingerprint density at radius 1 is 1.40 bits per heavy atom. The van der Waals surface area contributed by atoms with Crippen molar-refractivity contribution in [2.45, 2.75) is 44.7 Å². The predicted molar refractivity (Wildman–Crippen MR) is 70.1 cm³/mol. The summed E-state index contributed by atoms with van der Waals surface area (Å²) in [6.45, 7) is 0.254. The number of carboxylic acid groups (broad SMARTS) is 1. The third-order valence-corrected chi connectivity index (χ3v) is 3.43. The molecule has 1 amide bonds. The fraction of sp³-hybridized carbons (Fsp3) is 0.667. The van der Waals surface area contributed by atoms with E-state index in [1.807, 2.05) is 0 Å². The van der Waals surface area contributed by atoms with Crippen molar-refractivity contribution in [3.8, 4) is 0 Å². The summed E-state index contributed by atoms with van der Waals surface area (Å²) in [6.07, 6.45) is 4.59. The highest BCUT2D eigenvalue weighted by Gasteiger charge is 2.21. The van der Waals surface area contributed by atoms with Crippen LogP contribution in [0.4, 0.5) is 0 Å². The van der Waals surface area contributed by atoms with Crippen LogP contribution < -0.4 is 11.1 Å². The van der Waals surface area contributed by atoms with Gasteiger partial charge in [-0.2, -0.15) is 0 Å². The number of nitrogens with two attached hydrogens (primary N) is 1. The monoisotopic (exact) mass is 281 g/mol. The summed E-state index contributed by atoms with van der Waals surface area (Å²) in [7, 11) is 0. The van der Waals surface area contributed by atoms with Crippen LogP contribution in [-0.4, -0.2) is 44.6 Å². The molecule has 1 aliphatic rings. The second-order valence-electron chi connectivity index (χ2n) is 4.94. The minimum Gasteiger partial charge on any atom is -0.476 e. The Kier molecular flexibility index (Phi) is 4.67. The topological polar surface area (TPSA) is 123 Å². The van der Waals surface area contributed by atoms with Crippen LogP contribution in [-0.2, 0) is 17.8 Å². The van der Waals surface area contributed by atoms with Gasteiger partial charge in [-0.1, -0.05) is 18.1 Å². The second kappa shape index (κ2) is 6.47. The van der Waals surface area contributed by atoms with Crippen LogP contribution in [0.1, 0.15) is 41.9 Å². The Morgan fingerprint density at radius 2 is 2.10 bits per heavy atom. The number of aromatic carboxylic acids is 1. The van der Waals surface area contributed by atoms with Crippen LogP contribution in [0.2, 0.25) is 0 Å². The number of amides is 1. The van der Waals surface area contributed by atoms with Gasteiger partial charge >= 0.3 is 5.97 Å². The average molecular weight is 281 g/mol. The summed E-state index contributed by atoms with van der Waals surface area (Å²) >= 11 is 0. The molecule has 0 unspecified atom stereocenters. The van der Waals surface area contributed by atoms with Crippen molar-refractivity contribution in [3.05, 3.63) is 11.4 Å². The van der Waals surface area contributed by atoms with Crippen molar-refractivity contribution in [3.63, 3.8) is 0 Å². The number of hydrogen-bond acceptors (Lipinski definition) is 5. The van der Waals surface area contributed by atoms with Gasteiger partial charge in [0.2, 0.25) is 5.91 Å². The minimum absolute atomic E-state index is 0.0217. The van der Waals surface area contributed by atoms with Crippen LogP contribution in [0.3, 0.4) is 0 Å². The quantitative estimate of drug-likeness (QED) is 0.648. The number of aromatic nitrogens is 3. The van der Waals surface area contributed by atoms with Crippen LogP contribution in [0.15, 0.2) is 0 Å². The fourth-order valence-corrected chi connectivity index (χ4v) is 2.49. The molecule has 1 aromatic rings. The number of nitrogens with zero attached hydrogens (tertiary/aromatic N) is 3. The van der Waals surface area contributed by atoms with E-state index in [-0.39, 0.29) is 30.7 Å². The molecule has 0 aliphatic heterocycles. The number of carbonyl (C=O) groups is 2. The summed E-state index contributed by atoms with van der Waals surface area (Å²) in [5, 5.41) is 19.3. The molecule has 8 nitrogen and oxygen atoms in total.